The van der Waals surface area contributed by atoms with Crippen LogP contribution in [0.3, 0.4) is 0 Å². The van der Waals surface area contributed by atoms with Crippen molar-refractivity contribution < 1.29 is 14.6 Å². The van der Waals surface area contributed by atoms with Crippen LogP contribution < -0.4 is 5.73 Å². The molecule has 1 fully saturated rings. The highest BCUT2D eigenvalue weighted by Gasteiger charge is 2.36. The van der Waals surface area contributed by atoms with Crippen LogP contribution >= 0.6 is 0 Å². The Morgan fingerprint density at radius 2 is 2.25 bits per heavy atom. The van der Waals surface area contributed by atoms with Crippen molar-refractivity contribution in [1.29, 1.82) is 0 Å². The van der Waals surface area contributed by atoms with E-state index in [0.29, 0.717) is 0 Å². The molecular formula is C8H15NO3. The van der Waals surface area contributed by atoms with Gasteiger partial charge in [0.2, 0.25) is 0 Å². The second kappa shape index (κ2) is 3.87. The molecule has 12 heavy (non-hydrogen) atoms. The predicted octanol–water partition coefficient (Wildman–Crippen LogP) is 0.213. The number of methoxy groups -OCH3 is 1. The number of hydrogen-bond acceptors (Lipinski definition) is 3. The standard InChI is InChI=1S/C8H15NO3/c1-12-6-4-2-3-5(9)7(6)8(10)11/h5-7H,2-4,9H2,1H3,(H,10,11). The number of carboxylic acids is 1. The minimum absolute atomic E-state index is 0.203. The maximum absolute atomic E-state index is 10.8. The van der Waals surface area contributed by atoms with Crippen molar-refractivity contribution in [2.24, 2.45) is 11.7 Å². The topological polar surface area (TPSA) is 72.5 Å². The normalized spacial score (nSPS) is 36.3. The van der Waals surface area contributed by atoms with Gasteiger partial charge in [-0.05, 0) is 19.3 Å². The summed E-state index contributed by atoms with van der Waals surface area (Å²) in [6, 6.07) is -0.249. The van der Waals surface area contributed by atoms with E-state index in [9.17, 15) is 4.79 Å². The molecule has 1 aliphatic rings. The molecule has 4 nitrogen and oxygen atoms in total. The van der Waals surface area contributed by atoms with Crippen LogP contribution in [-0.2, 0) is 9.53 Å². The van der Waals surface area contributed by atoms with Gasteiger partial charge in [-0.25, -0.2) is 0 Å². The molecule has 1 aliphatic carbocycles. The van der Waals surface area contributed by atoms with Gasteiger partial charge in [0.05, 0.1) is 12.0 Å². The van der Waals surface area contributed by atoms with E-state index >= 15 is 0 Å². The molecule has 0 saturated heterocycles. The first-order valence-corrected chi connectivity index (χ1v) is 4.18. The van der Waals surface area contributed by atoms with E-state index in [2.05, 4.69) is 0 Å². The third-order valence-electron chi connectivity index (χ3n) is 2.48. The Labute approximate surface area is 71.7 Å². The zero-order chi connectivity index (χ0) is 9.14. The molecule has 0 aliphatic heterocycles. The highest BCUT2D eigenvalue weighted by atomic mass is 16.5. The van der Waals surface area contributed by atoms with E-state index in [0.717, 1.165) is 19.3 Å². The molecule has 1 rings (SSSR count). The van der Waals surface area contributed by atoms with Gasteiger partial charge in [-0.1, -0.05) is 0 Å². The number of ether oxygens (including phenoxy) is 1. The van der Waals surface area contributed by atoms with Crippen LogP contribution in [0.1, 0.15) is 19.3 Å². The smallest absolute Gasteiger partial charge is 0.310 e. The summed E-state index contributed by atoms with van der Waals surface area (Å²) < 4.78 is 5.07. The van der Waals surface area contributed by atoms with Gasteiger partial charge < -0.3 is 15.6 Å². The van der Waals surface area contributed by atoms with Crippen molar-refractivity contribution in [2.75, 3.05) is 7.11 Å². The molecule has 0 bridgehead atoms. The molecule has 0 radical (unpaired) electrons. The average Bonchev–Trinajstić information content (AvgIpc) is 2.03. The Balaban J connectivity index is 2.66. The molecule has 3 N–H and O–H groups in total. The van der Waals surface area contributed by atoms with Crippen LogP contribution in [0, 0.1) is 5.92 Å². The molecule has 0 aromatic rings. The molecule has 4 heteroatoms. The van der Waals surface area contributed by atoms with Gasteiger partial charge >= 0.3 is 5.97 Å². The summed E-state index contributed by atoms with van der Waals surface area (Å²) in [5, 5.41) is 8.85. The number of nitrogens with two attached hydrogens (primary N) is 1. The summed E-state index contributed by atoms with van der Waals surface area (Å²) in [5.74, 6) is -1.36. The second-order valence-electron chi connectivity index (χ2n) is 3.23. The molecule has 0 aromatic heterocycles. The van der Waals surface area contributed by atoms with Gasteiger partial charge in [0.1, 0.15) is 0 Å². The number of carboxylic acid groups (broad SMARTS) is 1. The summed E-state index contributed by atoms with van der Waals surface area (Å²) in [7, 11) is 1.54. The number of aliphatic carboxylic acids is 1. The van der Waals surface area contributed by atoms with Crippen molar-refractivity contribution in [3.63, 3.8) is 0 Å². The van der Waals surface area contributed by atoms with Crippen molar-refractivity contribution in [3.8, 4) is 0 Å². The molecule has 3 atom stereocenters. The molecule has 0 heterocycles. The molecular weight excluding hydrogens is 158 g/mol. The van der Waals surface area contributed by atoms with Gasteiger partial charge in [0, 0.05) is 13.2 Å². The largest absolute Gasteiger partial charge is 0.481 e. The summed E-state index contributed by atoms with van der Waals surface area (Å²) in [4.78, 5) is 10.8. The van der Waals surface area contributed by atoms with Crippen LogP contribution in [0.15, 0.2) is 0 Å². The third kappa shape index (κ3) is 1.76. The highest BCUT2D eigenvalue weighted by Crippen LogP contribution is 2.25. The Kier molecular flexibility index (Phi) is 3.05. The maximum atomic E-state index is 10.8. The van der Waals surface area contributed by atoms with Crippen LogP contribution in [0.4, 0.5) is 0 Å². The van der Waals surface area contributed by atoms with Crippen molar-refractivity contribution in [1.82, 2.24) is 0 Å². The van der Waals surface area contributed by atoms with Gasteiger partial charge in [0.15, 0.2) is 0 Å². The highest BCUT2D eigenvalue weighted by molar-refractivity contribution is 5.71. The summed E-state index contributed by atoms with van der Waals surface area (Å²) in [6.07, 6.45) is 2.35. The third-order valence-corrected chi connectivity index (χ3v) is 2.48. The number of rotatable bonds is 2. The first-order chi connectivity index (χ1) is 5.66. The van der Waals surface area contributed by atoms with Crippen molar-refractivity contribution in [2.45, 2.75) is 31.4 Å². The SMILES string of the molecule is COC1CCCC(N)C1C(=O)O. The Morgan fingerprint density at radius 1 is 1.58 bits per heavy atom. The van der Waals surface area contributed by atoms with E-state index < -0.39 is 11.9 Å². The first-order valence-electron chi connectivity index (χ1n) is 4.18. The lowest BCUT2D eigenvalue weighted by Crippen LogP contribution is -2.46. The maximum Gasteiger partial charge on any atom is 0.310 e. The van der Waals surface area contributed by atoms with Crippen molar-refractivity contribution >= 4 is 5.97 Å². The fourth-order valence-electron chi connectivity index (χ4n) is 1.80. The molecule has 0 spiro atoms. The minimum Gasteiger partial charge on any atom is -0.481 e. The second-order valence-corrected chi connectivity index (χ2v) is 3.23. The average molecular weight is 173 g/mol. The molecule has 3 unspecified atom stereocenters. The summed E-state index contributed by atoms with van der Waals surface area (Å²) in [6.45, 7) is 0. The molecule has 1 saturated carbocycles. The Morgan fingerprint density at radius 3 is 2.67 bits per heavy atom. The Bertz CT molecular complexity index is 172. The van der Waals surface area contributed by atoms with E-state index in [1.165, 1.54) is 0 Å². The van der Waals surface area contributed by atoms with Gasteiger partial charge in [-0.3, -0.25) is 4.79 Å². The first kappa shape index (κ1) is 9.48. The lowest BCUT2D eigenvalue weighted by atomic mass is 9.82. The van der Waals surface area contributed by atoms with Crippen LogP contribution in [0.5, 0.6) is 0 Å². The van der Waals surface area contributed by atoms with E-state index in [1.54, 1.807) is 7.11 Å². The quantitative estimate of drug-likeness (QED) is 0.626. The zero-order valence-corrected chi connectivity index (χ0v) is 7.19. The van der Waals surface area contributed by atoms with Gasteiger partial charge in [-0.15, -0.1) is 0 Å². The number of hydrogen-bond donors (Lipinski definition) is 2. The van der Waals surface area contributed by atoms with Crippen LogP contribution in [-0.4, -0.2) is 30.3 Å². The fourth-order valence-corrected chi connectivity index (χ4v) is 1.80. The fraction of sp³-hybridized carbons (Fsp3) is 0.875. The monoisotopic (exact) mass is 173 g/mol. The van der Waals surface area contributed by atoms with Gasteiger partial charge in [-0.2, -0.15) is 0 Å². The lowest BCUT2D eigenvalue weighted by Gasteiger charge is -2.32. The predicted molar refractivity (Wildman–Crippen MR) is 43.7 cm³/mol. The molecule has 0 amide bonds. The number of carbonyl (C=O) groups is 1. The van der Waals surface area contributed by atoms with Crippen LogP contribution in [0.2, 0.25) is 0 Å². The summed E-state index contributed by atoms with van der Waals surface area (Å²) >= 11 is 0. The Hall–Kier alpha value is -0.610. The minimum atomic E-state index is -0.839. The van der Waals surface area contributed by atoms with Crippen molar-refractivity contribution in [3.05, 3.63) is 0 Å². The lowest BCUT2D eigenvalue weighted by molar-refractivity contribution is -0.149. The van der Waals surface area contributed by atoms with E-state index in [1.807, 2.05) is 0 Å². The van der Waals surface area contributed by atoms with E-state index in [-0.39, 0.29) is 12.1 Å². The van der Waals surface area contributed by atoms with E-state index in [4.69, 9.17) is 15.6 Å². The summed E-state index contributed by atoms with van der Waals surface area (Å²) in [5.41, 5.74) is 5.69. The van der Waals surface area contributed by atoms with Crippen LogP contribution in [0.25, 0.3) is 0 Å². The molecule has 70 valence electrons. The zero-order valence-electron chi connectivity index (χ0n) is 7.19. The van der Waals surface area contributed by atoms with Gasteiger partial charge in [0.25, 0.3) is 0 Å². The molecule has 0 aromatic carbocycles.